The number of benzene rings is 2. The second-order valence-electron chi connectivity index (χ2n) is 9.79. The van der Waals surface area contributed by atoms with Crippen molar-refractivity contribution >= 4 is 35.2 Å². The van der Waals surface area contributed by atoms with Crippen LogP contribution in [0.25, 0.3) is 0 Å². The number of rotatable bonds is 4. The summed E-state index contributed by atoms with van der Waals surface area (Å²) < 4.78 is 18.7. The fraction of sp³-hybridized carbons (Fsp3) is 0.462. The molecular weight excluding hydrogens is 494 g/mol. The molecule has 2 aromatic carbocycles. The zero-order chi connectivity index (χ0) is 25.3. The molecule has 2 fully saturated rings. The molecule has 1 saturated carbocycles. The van der Waals surface area contributed by atoms with Gasteiger partial charge in [-0.1, -0.05) is 29.3 Å². The summed E-state index contributed by atoms with van der Waals surface area (Å²) in [4.78, 5) is 29.6. The van der Waals surface area contributed by atoms with Gasteiger partial charge in [0.1, 0.15) is 11.6 Å². The SMILES string of the molecule is CN(C(=O)Oc1ccc(F)cc1)[C@H]1CN(C(=O)[C@H]2CC[C@@](C)(O)CC2)C[C@@H]1c1ccc(Cl)c(Cl)c1. The van der Waals surface area contributed by atoms with Crippen molar-refractivity contribution in [2.45, 2.75) is 50.2 Å². The molecule has 35 heavy (non-hydrogen) atoms. The molecular formula is C26H29Cl2FN2O4. The van der Waals surface area contributed by atoms with Crippen molar-refractivity contribution in [2.75, 3.05) is 20.1 Å². The molecule has 0 aromatic heterocycles. The number of hydrogen-bond donors (Lipinski definition) is 1. The zero-order valence-electron chi connectivity index (χ0n) is 19.7. The molecule has 4 rings (SSSR count). The maximum Gasteiger partial charge on any atom is 0.415 e. The van der Waals surface area contributed by atoms with Gasteiger partial charge in [-0.25, -0.2) is 9.18 Å². The van der Waals surface area contributed by atoms with E-state index in [9.17, 15) is 19.1 Å². The second kappa shape index (κ2) is 10.3. The molecule has 2 atom stereocenters. The molecule has 2 aliphatic rings. The molecule has 9 heteroatoms. The van der Waals surface area contributed by atoms with E-state index in [0.29, 0.717) is 48.8 Å². The Hall–Kier alpha value is -2.35. The molecule has 1 heterocycles. The summed E-state index contributed by atoms with van der Waals surface area (Å²) in [6.07, 6.45) is 1.83. The van der Waals surface area contributed by atoms with E-state index in [1.165, 1.54) is 29.2 Å². The van der Waals surface area contributed by atoms with Gasteiger partial charge in [0.2, 0.25) is 5.91 Å². The summed E-state index contributed by atoms with van der Waals surface area (Å²) in [5, 5.41) is 11.1. The van der Waals surface area contributed by atoms with Crippen molar-refractivity contribution < 1.29 is 23.8 Å². The lowest BCUT2D eigenvalue weighted by molar-refractivity contribution is -0.137. The lowest BCUT2D eigenvalue weighted by atomic mass is 9.79. The van der Waals surface area contributed by atoms with Gasteiger partial charge >= 0.3 is 6.09 Å². The van der Waals surface area contributed by atoms with Crippen LogP contribution in [0.5, 0.6) is 5.75 Å². The van der Waals surface area contributed by atoms with E-state index in [4.69, 9.17) is 27.9 Å². The Bertz CT molecular complexity index is 1090. The highest BCUT2D eigenvalue weighted by molar-refractivity contribution is 6.42. The lowest BCUT2D eigenvalue weighted by Crippen LogP contribution is -2.44. The quantitative estimate of drug-likeness (QED) is 0.575. The fourth-order valence-electron chi connectivity index (χ4n) is 4.99. The predicted molar refractivity (Wildman–Crippen MR) is 132 cm³/mol. The van der Waals surface area contributed by atoms with Crippen LogP contribution < -0.4 is 4.74 Å². The van der Waals surface area contributed by atoms with E-state index >= 15 is 0 Å². The molecule has 188 valence electrons. The number of nitrogens with zero attached hydrogens (tertiary/aromatic N) is 2. The number of likely N-dealkylation sites (N-methyl/N-ethyl adjacent to an activating group) is 1. The highest BCUT2D eigenvalue weighted by atomic mass is 35.5. The lowest BCUT2D eigenvalue weighted by Gasteiger charge is -2.34. The molecule has 1 N–H and O–H groups in total. The van der Waals surface area contributed by atoms with E-state index in [0.717, 1.165) is 5.56 Å². The molecule has 6 nitrogen and oxygen atoms in total. The number of ether oxygens (including phenoxy) is 1. The van der Waals surface area contributed by atoms with Gasteiger partial charge < -0.3 is 19.6 Å². The average molecular weight is 523 g/mol. The van der Waals surface area contributed by atoms with Crippen LogP contribution in [0.1, 0.15) is 44.1 Å². The van der Waals surface area contributed by atoms with Crippen molar-refractivity contribution in [3.8, 4) is 5.75 Å². The van der Waals surface area contributed by atoms with Gasteiger partial charge in [-0.15, -0.1) is 0 Å². The minimum atomic E-state index is -0.725. The molecule has 2 amide bonds. The number of hydrogen-bond acceptors (Lipinski definition) is 4. The molecule has 2 aromatic rings. The van der Waals surface area contributed by atoms with Gasteiger partial charge in [0.15, 0.2) is 0 Å². The van der Waals surface area contributed by atoms with Crippen molar-refractivity contribution in [2.24, 2.45) is 5.92 Å². The topological polar surface area (TPSA) is 70.1 Å². The fourth-order valence-corrected chi connectivity index (χ4v) is 5.29. The van der Waals surface area contributed by atoms with Crippen LogP contribution >= 0.6 is 23.2 Å². The first-order chi connectivity index (χ1) is 16.5. The van der Waals surface area contributed by atoms with Crippen molar-refractivity contribution in [1.29, 1.82) is 0 Å². The molecule has 0 unspecified atom stereocenters. The smallest absolute Gasteiger partial charge is 0.410 e. The Morgan fingerprint density at radius 1 is 1.09 bits per heavy atom. The molecule has 1 aliphatic carbocycles. The molecule has 1 aliphatic heterocycles. The summed E-state index contributed by atoms with van der Waals surface area (Å²) in [6, 6.07) is 10.2. The maximum absolute atomic E-state index is 13.4. The van der Waals surface area contributed by atoms with Crippen LogP contribution in [0.2, 0.25) is 10.0 Å². The number of carbonyl (C=O) groups is 2. The Morgan fingerprint density at radius 2 is 1.74 bits per heavy atom. The Morgan fingerprint density at radius 3 is 2.37 bits per heavy atom. The van der Waals surface area contributed by atoms with E-state index in [-0.39, 0.29) is 29.5 Å². The summed E-state index contributed by atoms with van der Waals surface area (Å²) in [5.74, 6) is -0.513. The van der Waals surface area contributed by atoms with E-state index in [2.05, 4.69) is 0 Å². The molecule has 1 saturated heterocycles. The highest BCUT2D eigenvalue weighted by Gasteiger charge is 2.43. The number of likely N-dealkylation sites (tertiary alicyclic amines) is 1. The van der Waals surface area contributed by atoms with Crippen molar-refractivity contribution in [1.82, 2.24) is 9.80 Å². The predicted octanol–water partition coefficient (Wildman–Crippen LogP) is 5.50. The second-order valence-corrected chi connectivity index (χ2v) is 10.6. The molecule has 0 radical (unpaired) electrons. The van der Waals surface area contributed by atoms with Gasteiger partial charge in [-0.2, -0.15) is 0 Å². The summed E-state index contributed by atoms with van der Waals surface area (Å²) in [5.41, 5.74) is 0.143. The first-order valence-corrected chi connectivity index (χ1v) is 12.5. The average Bonchev–Trinajstić information content (AvgIpc) is 3.27. The molecule has 0 bridgehead atoms. The van der Waals surface area contributed by atoms with Crippen LogP contribution in [-0.2, 0) is 4.79 Å². The first-order valence-electron chi connectivity index (χ1n) is 11.7. The summed E-state index contributed by atoms with van der Waals surface area (Å²) >= 11 is 12.4. The Kier molecular flexibility index (Phi) is 7.60. The van der Waals surface area contributed by atoms with Crippen LogP contribution in [0.4, 0.5) is 9.18 Å². The van der Waals surface area contributed by atoms with E-state index < -0.39 is 17.5 Å². The zero-order valence-corrected chi connectivity index (χ0v) is 21.2. The van der Waals surface area contributed by atoms with Crippen molar-refractivity contribution in [3.63, 3.8) is 0 Å². The Balaban J connectivity index is 1.54. The Labute approximate surface area is 214 Å². The van der Waals surface area contributed by atoms with Crippen LogP contribution in [0.3, 0.4) is 0 Å². The third kappa shape index (κ3) is 5.90. The van der Waals surface area contributed by atoms with E-state index in [1.807, 2.05) is 13.0 Å². The van der Waals surface area contributed by atoms with Gasteiger partial charge in [0, 0.05) is 32.0 Å². The first kappa shape index (κ1) is 25.7. The van der Waals surface area contributed by atoms with Crippen LogP contribution in [-0.4, -0.2) is 58.7 Å². The maximum atomic E-state index is 13.4. The van der Waals surface area contributed by atoms with E-state index in [1.54, 1.807) is 24.1 Å². The standard InChI is InChI=1S/C26H29Cl2FN2O4/c1-26(34)11-9-16(10-12-26)24(32)31-14-20(17-3-8-21(27)22(28)13-17)23(15-31)30(2)25(33)35-19-6-4-18(29)5-7-19/h3-8,13,16,20,23,34H,9-12,14-15H2,1-2H3/t16-,20-,23+,26+/m1/s1. The molecule has 0 spiro atoms. The van der Waals surface area contributed by atoms with Gasteiger partial charge in [-0.3, -0.25) is 4.79 Å². The third-order valence-electron chi connectivity index (χ3n) is 7.19. The minimum absolute atomic E-state index is 0.0355. The minimum Gasteiger partial charge on any atom is -0.410 e. The van der Waals surface area contributed by atoms with Gasteiger partial charge in [0.25, 0.3) is 0 Å². The number of carbonyl (C=O) groups excluding carboxylic acids is 2. The normalized spacial score (nSPS) is 26.5. The number of halogens is 3. The highest BCUT2D eigenvalue weighted by Crippen LogP contribution is 2.38. The van der Waals surface area contributed by atoms with Gasteiger partial charge in [0.05, 0.1) is 21.7 Å². The summed E-state index contributed by atoms with van der Waals surface area (Å²) in [6.45, 7) is 2.57. The van der Waals surface area contributed by atoms with Crippen LogP contribution in [0.15, 0.2) is 42.5 Å². The van der Waals surface area contributed by atoms with Crippen LogP contribution in [0, 0.1) is 11.7 Å². The van der Waals surface area contributed by atoms with Gasteiger partial charge in [-0.05, 0) is 74.6 Å². The third-order valence-corrected chi connectivity index (χ3v) is 7.93. The summed E-state index contributed by atoms with van der Waals surface area (Å²) in [7, 11) is 1.63. The number of amides is 2. The number of aliphatic hydroxyl groups is 1. The monoisotopic (exact) mass is 522 g/mol. The largest absolute Gasteiger partial charge is 0.415 e. The van der Waals surface area contributed by atoms with Crippen molar-refractivity contribution in [3.05, 3.63) is 63.9 Å².